The summed E-state index contributed by atoms with van der Waals surface area (Å²) in [5, 5.41) is 1.30. The van der Waals surface area contributed by atoms with E-state index >= 15 is 0 Å². The van der Waals surface area contributed by atoms with Crippen LogP contribution >= 0.6 is 11.3 Å². The lowest BCUT2D eigenvalue weighted by Gasteiger charge is -1.90. The smallest absolute Gasteiger partial charge is 0.0459 e. The zero-order valence-corrected chi connectivity index (χ0v) is 7.40. The second-order valence-corrected chi connectivity index (χ2v) is 3.95. The molecule has 1 nitrogen and oxygen atoms in total. The predicted molar refractivity (Wildman–Crippen MR) is 49.1 cm³/mol. The molecule has 2 aromatic heterocycles. The first kappa shape index (κ1) is 6.80. The quantitative estimate of drug-likeness (QED) is 0.582. The number of rotatable bonds is 0. The summed E-state index contributed by atoms with van der Waals surface area (Å²) in [5.74, 6) is 0. The van der Waals surface area contributed by atoms with Gasteiger partial charge in [-0.2, -0.15) is 0 Å². The van der Waals surface area contributed by atoms with Crippen LogP contribution in [0.15, 0.2) is 18.3 Å². The molecule has 0 amide bonds. The molecule has 0 bridgehead atoms. The first-order valence-corrected chi connectivity index (χ1v) is 4.41. The highest BCUT2D eigenvalue weighted by Crippen LogP contribution is 2.25. The molecule has 0 saturated carbocycles. The summed E-state index contributed by atoms with van der Waals surface area (Å²) in [4.78, 5) is 5.58. The fourth-order valence-electron chi connectivity index (χ4n) is 1.23. The van der Waals surface area contributed by atoms with E-state index in [-0.39, 0.29) is 0 Å². The van der Waals surface area contributed by atoms with E-state index in [0.29, 0.717) is 0 Å². The predicted octanol–water partition coefficient (Wildman–Crippen LogP) is 2.91. The van der Waals surface area contributed by atoms with Gasteiger partial charge in [0.25, 0.3) is 0 Å². The third-order valence-electron chi connectivity index (χ3n) is 1.77. The van der Waals surface area contributed by atoms with Gasteiger partial charge in [-0.05, 0) is 26.0 Å². The number of nitrogens with zero attached hydrogens (tertiary/aromatic N) is 1. The van der Waals surface area contributed by atoms with Crippen molar-refractivity contribution in [2.24, 2.45) is 0 Å². The Labute approximate surface area is 69.7 Å². The highest BCUT2D eigenvalue weighted by atomic mass is 32.1. The number of pyridine rings is 1. The second kappa shape index (κ2) is 2.31. The molecule has 0 unspecified atom stereocenters. The number of aryl methyl sites for hydroxylation is 2. The van der Waals surface area contributed by atoms with Gasteiger partial charge in [0, 0.05) is 26.9 Å². The number of aromatic nitrogens is 1. The standard InChI is InChI=1S/C9H9NS/c1-6-5-8-7(2)10-4-3-9(8)11-6/h3-5H,1-2H3. The van der Waals surface area contributed by atoms with Crippen molar-refractivity contribution in [2.45, 2.75) is 13.8 Å². The van der Waals surface area contributed by atoms with Crippen molar-refractivity contribution >= 4 is 21.4 Å². The van der Waals surface area contributed by atoms with Crippen LogP contribution in [0.5, 0.6) is 0 Å². The summed E-state index contributed by atoms with van der Waals surface area (Å²) >= 11 is 1.83. The lowest BCUT2D eigenvalue weighted by Crippen LogP contribution is -1.76. The maximum absolute atomic E-state index is 4.23. The SMILES string of the molecule is Cc1cc2c(C)nccc2s1. The van der Waals surface area contributed by atoms with Crippen LogP contribution in [0.2, 0.25) is 0 Å². The Morgan fingerprint density at radius 1 is 1.36 bits per heavy atom. The largest absolute Gasteiger partial charge is 0.261 e. The van der Waals surface area contributed by atoms with E-state index in [0.717, 1.165) is 5.69 Å². The average Bonchev–Trinajstić information content (AvgIpc) is 2.31. The first-order valence-electron chi connectivity index (χ1n) is 3.59. The topological polar surface area (TPSA) is 12.9 Å². The Morgan fingerprint density at radius 3 is 2.91 bits per heavy atom. The van der Waals surface area contributed by atoms with Gasteiger partial charge in [-0.15, -0.1) is 11.3 Å². The van der Waals surface area contributed by atoms with E-state index in [1.54, 1.807) is 0 Å². The van der Waals surface area contributed by atoms with Crippen LogP contribution in [-0.4, -0.2) is 4.98 Å². The Balaban J connectivity index is 2.90. The molecule has 0 spiro atoms. The fraction of sp³-hybridized carbons (Fsp3) is 0.222. The summed E-state index contributed by atoms with van der Waals surface area (Å²) in [5.41, 5.74) is 1.13. The maximum Gasteiger partial charge on any atom is 0.0459 e. The number of hydrogen-bond donors (Lipinski definition) is 0. The average molecular weight is 163 g/mol. The molecule has 0 aliphatic heterocycles. The summed E-state index contributed by atoms with van der Waals surface area (Å²) in [6, 6.07) is 4.27. The van der Waals surface area contributed by atoms with Gasteiger partial charge in [0.05, 0.1) is 0 Å². The van der Waals surface area contributed by atoms with E-state index in [4.69, 9.17) is 0 Å². The highest BCUT2D eigenvalue weighted by molar-refractivity contribution is 7.19. The minimum absolute atomic E-state index is 1.13. The van der Waals surface area contributed by atoms with Gasteiger partial charge in [-0.3, -0.25) is 4.98 Å². The van der Waals surface area contributed by atoms with Gasteiger partial charge in [-0.25, -0.2) is 0 Å². The normalized spacial score (nSPS) is 10.7. The Hall–Kier alpha value is -0.890. The molecule has 0 fully saturated rings. The number of hydrogen-bond acceptors (Lipinski definition) is 2. The van der Waals surface area contributed by atoms with Crippen LogP contribution < -0.4 is 0 Å². The molecule has 2 heterocycles. The van der Waals surface area contributed by atoms with Crippen molar-refractivity contribution in [1.82, 2.24) is 4.98 Å². The van der Waals surface area contributed by atoms with Crippen LogP contribution in [0, 0.1) is 13.8 Å². The molecule has 0 saturated heterocycles. The van der Waals surface area contributed by atoms with Gasteiger partial charge in [-0.1, -0.05) is 0 Å². The van der Waals surface area contributed by atoms with E-state index in [2.05, 4.69) is 31.0 Å². The third-order valence-corrected chi connectivity index (χ3v) is 2.78. The molecule has 11 heavy (non-hydrogen) atoms. The summed E-state index contributed by atoms with van der Waals surface area (Å²) < 4.78 is 1.34. The molecular formula is C9H9NS. The summed E-state index contributed by atoms with van der Waals surface area (Å²) in [6.45, 7) is 4.18. The van der Waals surface area contributed by atoms with Crippen LogP contribution in [0.1, 0.15) is 10.6 Å². The van der Waals surface area contributed by atoms with Crippen molar-refractivity contribution in [3.05, 3.63) is 28.9 Å². The van der Waals surface area contributed by atoms with Crippen molar-refractivity contribution in [3.63, 3.8) is 0 Å². The van der Waals surface area contributed by atoms with Gasteiger partial charge >= 0.3 is 0 Å². The first-order chi connectivity index (χ1) is 5.27. The van der Waals surface area contributed by atoms with Crippen LogP contribution in [-0.2, 0) is 0 Å². The minimum Gasteiger partial charge on any atom is -0.261 e. The zero-order chi connectivity index (χ0) is 7.84. The summed E-state index contributed by atoms with van der Waals surface area (Å²) in [7, 11) is 0. The molecule has 0 N–H and O–H groups in total. The molecule has 2 aromatic rings. The Kier molecular flexibility index (Phi) is 1.43. The van der Waals surface area contributed by atoms with E-state index in [1.807, 2.05) is 17.5 Å². The maximum atomic E-state index is 4.23. The Morgan fingerprint density at radius 2 is 2.18 bits per heavy atom. The molecule has 0 aliphatic rings. The van der Waals surface area contributed by atoms with Crippen molar-refractivity contribution in [2.75, 3.05) is 0 Å². The van der Waals surface area contributed by atoms with Crippen molar-refractivity contribution < 1.29 is 0 Å². The molecule has 56 valence electrons. The molecule has 0 radical (unpaired) electrons. The zero-order valence-electron chi connectivity index (χ0n) is 6.59. The van der Waals surface area contributed by atoms with Gasteiger partial charge in [0.1, 0.15) is 0 Å². The number of thiophene rings is 1. The molecule has 2 rings (SSSR count). The highest BCUT2D eigenvalue weighted by Gasteiger charge is 1.99. The number of fused-ring (bicyclic) bond motifs is 1. The summed E-state index contributed by atoms with van der Waals surface area (Å²) in [6.07, 6.45) is 1.87. The molecule has 0 atom stereocenters. The van der Waals surface area contributed by atoms with Crippen molar-refractivity contribution in [1.29, 1.82) is 0 Å². The van der Waals surface area contributed by atoms with Crippen LogP contribution in [0.3, 0.4) is 0 Å². The van der Waals surface area contributed by atoms with Crippen LogP contribution in [0.4, 0.5) is 0 Å². The lowest BCUT2D eigenvalue weighted by atomic mass is 10.2. The minimum atomic E-state index is 1.13. The Bertz CT molecular complexity index is 389. The van der Waals surface area contributed by atoms with E-state index in [9.17, 15) is 0 Å². The molecular weight excluding hydrogens is 154 g/mol. The monoisotopic (exact) mass is 163 g/mol. The molecule has 0 aromatic carbocycles. The fourth-order valence-corrected chi connectivity index (χ4v) is 2.19. The molecule has 0 aliphatic carbocycles. The molecule has 2 heteroatoms. The lowest BCUT2D eigenvalue weighted by molar-refractivity contribution is 1.24. The third kappa shape index (κ3) is 1.03. The second-order valence-electron chi connectivity index (χ2n) is 2.67. The van der Waals surface area contributed by atoms with E-state index in [1.165, 1.54) is 15.0 Å². The van der Waals surface area contributed by atoms with Gasteiger partial charge in [0.15, 0.2) is 0 Å². The van der Waals surface area contributed by atoms with E-state index < -0.39 is 0 Å². The van der Waals surface area contributed by atoms with Gasteiger partial charge < -0.3 is 0 Å². The van der Waals surface area contributed by atoms with Gasteiger partial charge in [0.2, 0.25) is 0 Å². The van der Waals surface area contributed by atoms with Crippen molar-refractivity contribution in [3.8, 4) is 0 Å². The van der Waals surface area contributed by atoms with Crippen LogP contribution in [0.25, 0.3) is 10.1 Å².